The molecule has 0 saturated carbocycles. The van der Waals surface area contributed by atoms with Gasteiger partial charge in [0.05, 0.1) is 16.6 Å². The highest BCUT2D eigenvalue weighted by Crippen LogP contribution is 2.39. The molecule has 1 aromatic heterocycles. The zero-order valence-electron chi connectivity index (χ0n) is 17.0. The molecule has 0 bridgehead atoms. The minimum atomic E-state index is -1.04. The van der Waals surface area contributed by atoms with Gasteiger partial charge in [0.25, 0.3) is 0 Å². The summed E-state index contributed by atoms with van der Waals surface area (Å²) in [5.41, 5.74) is 0.797. The van der Waals surface area contributed by atoms with Crippen molar-refractivity contribution in [2.75, 3.05) is 15.5 Å². The van der Waals surface area contributed by atoms with E-state index in [0.717, 1.165) is 0 Å². The number of halogens is 1. The van der Waals surface area contributed by atoms with E-state index in [4.69, 9.17) is 0 Å². The molecule has 4 rings (SSSR count). The van der Waals surface area contributed by atoms with Crippen molar-refractivity contribution in [1.29, 1.82) is 0 Å². The number of amides is 2. The van der Waals surface area contributed by atoms with E-state index < -0.39 is 10.8 Å². The van der Waals surface area contributed by atoms with Crippen LogP contribution in [0, 0.1) is 5.82 Å². The molecule has 0 aliphatic carbocycles. The second-order valence-electron chi connectivity index (χ2n) is 7.47. The topological polar surface area (TPSA) is 87.2 Å². The number of rotatable bonds is 5. The molecule has 1 aliphatic heterocycles. The van der Waals surface area contributed by atoms with Crippen LogP contribution in [-0.4, -0.2) is 32.8 Å². The monoisotopic (exact) mass is 457 g/mol. The van der Waals surface area contributed by atoms with Crippen LogP contribution in [0.3, 0.4) is 0 Å². The predicted molar refractivity (Wildman–Crippen MR) is 122 cm³/mol. The second kappa shape index (κ2) is 8.27. The first-order valence-electron chi connectivity index (χ1n) is 9.53. The third-order valence-corrected chi connectivity index (χ3v) is 6.85. The summed E-state index contributed by atoms with van der Waals surface area (Å²) < 4.78 is 14.0. The van der Waals surface area contributed by atoms with E-state index in [0.29, 0.717) is 26.5 Å². The molecule has 3 aromatic rings. The number of carbonyl (C=O) groups excluding carboxylic acids is 2. The molecule has 1 atom stereocenters. The second-order valence-corrected chi connectivity index (χ2v) is 10.0. The molecule has 0 fully saturated rings. The lowest BCUT2D eigenvalue weighted by atomic mass is 9.96. The summed E-state index contributed by atoms with van der Waals surface area (Å²) in [4.78, 5) is 27.5. The number of carbonyl (C=O) groups is 2. The molecule has 0 spiro atoms. The molecular formula is C21H20FN5O2S2. The average molecular weight is 458 g/mol. The summed E-state index contributed by atoms with van der Waals surface area (Å²) in [5.74, 6) is -0.793. The Morgan fingerprint density at radius 2 is 2.00 bits per heavy atom. The van der Waals surface area contributed by atoms with Gasteiger partial charge < -0.3 is 10.6 Å². The third-order valence-electron chi connectivity index (χ3n) is 4.84. The first-order valence-corrected chi connectivity index (χ1v) is 11.2. The Hall–Kier alpha value is -2.98. The molecule has 2 heterocycles. The van der Waals surface area contributed by atoms with Gasteiger partial charge in [-0.3, -0.25) is 14.5 Å². The highest BCUT2D eigenvalue weighted by molar-refractivity contribution is 8.02. The van der Waals surface area contributed by atoms with Crippen LogP contribution in [-0.2, 0) is 9.59 Å². The van der Waals surface area contributed by atoms with Crippen LogP contribution in [0.5, 0.6) is 0 Å². The van der Waals surface area contributed by atoms with Crippen LogP contribution in [0.15, 0.2) is 52.9 Å². The van der Waals surface area contributed by atoms with Crippen LogP contribution >= 0.6 is 23.1 Å². The number of thioether (sulfide) groups is 1. The molecular weight excluding hydrogens is 437 g/mol. The number of para-hydroxylation sites is 2. The van der Waals surface area contributed by atoms with E-state index in [1.807, 2.05) is 18.2 Å². The van der Waals surface area contributed by atoms with Gasteiger partial charge in [0.2, 0.25) is 16.9 Å². The molecule has 7 nitrogen and oxygen atoms in total. The number of benzene rings is 2. The molecule has 1 aliphatic rings. The lowest BCUT2D eigenvalue weighted by Crippen LogP contribution is -2.60. The van der Waals surface area contributed by atoms with Gasteiger partial charge in [-0.1, -0.05) is 41.3 Å². The molecule has 31 heavy (non-hydrogen) atoms. The first kappa shape index (κ1) is 21.3. The number of anilines is 4. The summed E-state index contributed by atoms with van der Waals surface area (Å²) >= 11 is 2.53. The zero-order valence-corrected chi connectivity index (χ0v) is 18.7. The number of aromatic nitrogens is 2. The van der Waals surface area contributed by atoms with E-state index in [-0.39, 0.29) is 17.6 Å². The number of nitrogens with zero attached hydrogens (tertiary/aromatic N) is 3. The summed E-state index contributed by atoms with van der Waals surface area (Å²) in [6.07, 6.45) is 0. The Morgan fingerprint density at radius 1 is 1.23 bits per heavy atom. The Kier molecular flexibility index (Phi) is 5.67. The van der Waals surface area contributed by atoms with Crippen LogP contribution in [0.1, 0.15) is 20.8 Å². The van der Waals surface area contributed by atoms with Gasteiger partial charge in [-0.05, 0) is 51.1 Å². The molecule has 2 amide bonds. The van der Waals surface area contributed by atoms with E-state index in [2.05, 4.69) is 20.8 Å². The van der Waals surface area contributed by atoms with Crippen molar-refractivity contribution in [3.63, 3.8) is 0 Å². The third kappa shape index (κ3) is 4.26. The van der Waals surface area contributed by atoms with Gasteiger partial charge in [0.15, 0.2) is 4.34 Å². The van der Waals surface area contributed by atoms with E-state index in [1.165, 1.54) is 35.2 Å². The summed E-state index contributed by atoms with van der Waals surface area (Å²) in [7, 11) is 0. The fourth-order valence-electron chi connectivity index (χ4n) is 3.23. The first-order chi connectivity index (χ1) is 14.8. The molecule has 10 heteroatoms. The van der Waals surface area contributed by atoms with E-state index in [9.17, 15) is 14.0 Å². The van der Waals surface area contributed by atoms with Crippen molar-refractivity contribution < 1.29 is 14.0 Å². The molecule has 1 unspecified atom stereocenters. The lowest BCUT2D eigenvalue weighted by molar-refractivity contribution is -0.126. The van der Waals surface area contributed by atoms with Crippen molar-refractivity contribution in [1.82, 2.24) is 10.2 Å². The number of hydrogen-bond acceptors (Lipinski definition) is 7. The summed E-state index contributed by atoms with van der Waals surface area (Å²) in [6.45, 7) is 5.22. The fraction of sp³-hybridized carbons (Fsp3) is 0.238. The minimum Gasteiger partial charge on any atom is -0.330 e. The Bertz CT molecular complexity index is 1150. The van der Waals surface area contributed by atoms with Gasteiger partial charge in [-0.2, -0.15) is 0 Å². The molecule has 2 aromatic carbocycles. The van der Waals surface area contributed by atoms with Gasteiger partial charge in [0.1, 0.15) is 11.4 Å². The number of hydrogen-bond donors (Lipinski definition) is 2. The van der Waals surface area contributed by atoms with Gasteiger partial charge in [0, 0.05) is 5.69 Å². The highest BCUT2D eigenvalue weighted by Gasteiger charge is 2.44. The Labute approximate surface area is 187 Å². The van der Waals surface area contributed by atoms with Crippen molar-refractivity contribution in [2.45, 2.75) is 35.9 Å². The maximum Gasteiger partial charge on any atom is 0.250 e. The normalized spacial score (nSPS) is 15.7. The summed E-state index contributed by atoms with van der Waals surface area (Å²) in [6, 6.07) is 13.3. The standard InChI is InChI=1S/C21H20FN5O2S2/c1-12(30-20-26-25-19(31-20)23-14-8-6-7-13(22)11-14)17(28)27-16-10-5-4-9-15(16)24-18(29)21(27,2)3/h4-12H,1-3H3,(H,23,25)(H,24,29). The maximum atomic E-state index is 13.4. The average Bonchev–Trinajstić information content (AvgIpc) is 3.15. The van der Waals surface area contributed by atoms with Crippen molar-refractivity contribution in [2.24, 2.45) is 0 Å². The minimum absolute atomic E-state index is 0.202. The van der Waals surface area contributed by atoms with Gasteiger partial charge >= 0.3 is 0 Å². The largest absolute Gasteiger partial charge is 0.330 e. The van der Waals surface area contributed by atoms with Crippen LogP contribution in [0.4, 0.5) is 26.6 Å². The van der Waals surface area contributed by atoms with Gasteiger partial charge in [-0.25, -0.2) is 4.39 Å². The number of fused-ring (bicyclic) bond motifs is 1. The molecule has 160 valence electrons. The molecule has 0 radical (unpaired) electrons. The predicted octanol–water partition coefficient (Wildman–Crippen LogP) is 4.67. The Balaban J connectivity index is 1.51. The molecule has 0 saturated heterocycles. The van der Waals surface area contributed by atoms with Crippen LogP contribution < -0.4 is 15.5 Å². The van der Waals surface area contributed by atoms with E-state index >= 15 is 0 Å². The quantitative estimate of drug-likeness (QED) is 0.542. The Morgan fingerprint density at radius 3 is 2.77 bits per heavy atom. The van der Waals surface area contributed by atoms with Crippen molar-refractivity contribution in [3.8, 4) is 0 Å². The van der Waals surface area contributed by atoms with Crippen LogP contribution in [0.25, 0.3) is 0 Å². The number of nitrogens with one attached hydrogen (secondary N) is 2. The zero-order chi connectivity index (χ0) is 22.2. The van der Waals surface area contributed by atoms with Gasteiger partial charge in [-0.15, -0.1) is 10.2 Å². The smallest absolute Gasteiger partial charge is 0.250 e. The van der Waals surface area contributed by atoms with Crippen molar-refractivity contribution >= 4 is 57.1 Å². The van der Waals surface area contributed by atoms with Crippen LogP contribution in [0.2, 0.25) is 0 Å². The highest BCUT2D eigenvalue weighted by atomic mass is 32.2. The fourth-order valence-corrected chi connectivity index (χ4v) is 5.18. The summed E-state index contributed by atoms with van der Waals surface area (Å²) in [5, 5.41) is 14.0. The maximum absolute atomic E-state index is 13.4. The van der Waals surface area contributed by atoms with Crippen molar-refractivity contribution in [3.05, 3.63) is 54.3 Å². The SMILES string of the molecule is CC(Sc1nnc(Nc2cccc(F)c2)s1)C(=O)N1c2ccccc2NC(=O)C1(C)C. The lowest BCUT2D eigenvalue weighted by Gasteiger charge is -2.42. The molecule has 2 N–H and O–H groups in total. The van der Waals surface area contributed by atoms with E-state index in [1.54, 1.807) is 43.9 Å².